The molecule has 17 nitrogen and oxygen atoms in total. The molecule has 510 valence electrons. The number of phosphoric ester groups is 2. The quantitative estimate of drug-likeness (QED) is 0.0222. The van der Waals surface area contributed by atoms with Crippen molar-refractivity contribution in [3.8, 4) is 0 Å². The highest BCUT2D eigenvalue weighted by molar-refractivity contribution is 7.47. The fourth-order valence-corrected chi connectivity index (χ4v) is 11.5. The zero-order chi connectivity index (χ0) is 63.9. The second-order valence-corrected chi connectivity index (χ2v) is 28.8. The van der Waals surface area contributed by atoms with Crippen LogP contribution in [0.15, 0.2) is 0 Å². The molecule has 0 heterocycles. The number of hydrogen-bond donors (Lipinski definition) is 3. The molecule has 0 aliphatic heterocycles. The summed E-state index contributed by atoms with van der Waals surface area (Å²) in [5.41, 5.74) is 0. The van der Waals surface area contributed by atoms with Gasteiger partial charge in [0.15, 0.2) is 12.2 Å². The molecule has 0 aromatic carbocycles. The Bertz CT molecular complexity index is 1720. The summed E-state index contributed by atoms with van der Waals surface area (Å²) in [5, 5.41) is 10.6. The van der Waals surface area contributed by atoms with Crippen molar-refractivity contribution in [1.29, 1.82) is 0 Å². The number of aliphatic hydroxyl groups excluding tert-OH is 1. The van der Waals surface area contributed by atoms with Crippen molar-refractivity contribution in [3.63, 3.8) is 0 Å². The average Bonchev–Trinajstić information content (AvgIpc) is 3.57. The predicted molar refractivity (Wildman–Crippen MR) is 344 cm³/mol. The third kappa shape index (κ3) is 59.7. The maximum Gasteiger partial charge on any atom is 0.472 e. The number of esters is 4. The highest BCUT2D eigenvalue weighted by atomic mass is 31.2. The third-order valence-corrected chi connectivity index (χ3v) is 17.6. The molecule has 0 bridgehead atoms. The van der Waals surface area contributed by atoms with E-state index in [2.05, 4.69) is 55.4 Å². The van der Waals surface area contributed by atoms with Crippen LogP contribution in [0.4, 0.5) is 0 Å². The van der Waals surface area contributed by atoms with Crippen LogP contribution < -0.4 is 0 Å². The second kappa shape index (κ2) is 57.0. The van der Waals surface area contributed by atoms with E-state index in [1.807, 2.05) is 0 Å². The van der Waals surface area contributed by atoms with E-state index >= 15 is 0 Å². The summed E-state index contributed by atoms with van der Waals surface area (Å²) in [4.78, 5) is 72.3. The number of aliphatic hydroxyl groups is 1. The van der Waals surface area contributed by atoms with Gasteiger partial charge in [0.05, 0.1) is 26.4 Å². The van der Waals surface area contributed by atoms with Crippen molar-refractivity contribution in [2.24, 2.45) is 23.7 Å². The van der Waals surface area contributed by atoms with Gasteiger partial charge in [-0.15, -0.1) is 0 Å². The van der Waals surface area contributed by atoms with Gasteiger partial charge in [-0.3, -0.25) is 37.3 Å². The average molecular weight is 1270 g/mol. The summed E-state index contributed by atoms with van der Waals surface area (Å²) < 4.78 is 68.1. The first kappa shape index (κ1) is 84.1. The Balaban J connectivity index is 5.23. The molecule has 86 heavy (non-hydrogen) atoms. The minimum Gasteiger partial charge on any atom is -0.462 e. The zero-order valence-corrected chi connectivity index (χ0v) is 57.7. The SMILES string of the molecule is CCC(C)CCCCCCCCC(=O)OC[C@H](COP(=O)(O)OC[C@H](O)COP(=O)(O)OC[C@@H](COC(=O)CCCCCCCCCCCCCCC(C)C)OC(=O)CCCCCCCCCC(C)C)OC(=O)CCCCCCCCCCC(C)C. The molecule has 0 aliphatic rings. The molecule has 0 saturated carbocycles. The topological polar surface area (TPSA) is 237 Å². The second-order valence-electron chi connectivity index (χ2n) is 25.9. The predicted octanol–water partition coefficient (Wildman–Crippen LogP) is 18.5. The van der Waals surface area contributed by atoms with Gasteiger partial charge in [0.2, 0.25) is 0 Å². The number of phosphoric acid groups is 2. The molecule has 0 aliphatic carbocycles. The summed E-state index contributed by atoms with van der Waals surface area (Å²) in [6.45, 7) is 14.0. The Labute approximate surface area is 524 Å². The maximum absolute atomic E-state index is 13.0. The lowest BCUT2D eigenvalue weighted by Gasteiger charge is -2.21. The normalized spacial score (nSPS) is 14.7. The first-order valence-corrected chi connectivity index (χ1v) is 37.7. The Morgan fingerprint density at radius 1 is 0.326 bits per heavy atom. The van der Waals surface area contributed by atoms with E-state index in [0.717, 1.165) is 114 Å². The Kier molecular flexibility index (Phi) is 55.7. The molecular formula is C67H130O17P2. The molecule has 0 spiro atoms. The maximum atomic E-state index is 13.0. The van der Waals surface area contributed by atoms with Crippen molar-refractivity contribution in [2.45, 2.75) is 343 Å². The van der Waals surface area contributed by atoms with E-state index in [-0.39, 0.29) is 25.7 Å². The van der Waals surface area contributed by atoms with E-state index in [4.69, 9.17) is 37.0 Å². The number of carbonyl (C=O) groups is 4. The number of carbonyl (C=O) groups excluding carboxylic acids is 4. The molecule has 6 atom stereocenters. The number of rotatable bonds is 64. The van der Waals surface area contributed by atoms with Crippen LogP contribution in [0.5, 0.6) is 0 Å². The van der Waals surface area contributed by atoms with Crippen molar-refractivity contribution < 1.29 is 80.2 Å². The van der Waals surface area contributed by atoms with Gasteiger partial charge in [0.1, 0.15) is 19.3 Å². The molecule has 0 fully saturated rings. The van der Waals surface area contributed by atoms with Crippen LogP contribution in [-0.4, -0.2) is 96.7 Å². The molecule has 0 saturated heterocycles. The van der Waals surface area contributed by atoms with Crippen LogP contribution in [0.2, 0.25) is 0 Å². The van der Waals surface area contributed by atoms with Crippen LogP contribution in [0, 0.1) is 23.7 Å². The van der Waals surface area contributed by atoms with E-state index in [0.29, 0.717) is 31.6 Å². The van der Waals surface area contributed by atoms with Gasteiger partial charge >= 0.3 is 39.5 Å². The van der Waals surface area contributed by atoms with Gasteiger partial charge in [-0.1, -0.05) is 274 Å². The van der Waals surface area contributed by atoms with Crippen molar-refractivity contribution in [2.75, 3.05) is 39.6 Å². The van der Waals surface area contributed by atoms with Crippen LogP contribution >= 0.6 is 15.6 Å². The highest BCUT2D eigenvalue weighted by Gasteiger charge is 2.30. The van der Waals surface area contributed by atoms with Gasteiger partial charge in [-0.05, 0) is 49.4 Å². The lowest BCUT2D eigenvalue weighted by atomic mass is 10.00. The molecule has 0 aromatic rings. The standard InChI is InChI=1S/C67H130O17P2/c1-9-60(8)46-38-30-25-26-32-40-48-65(70)78-54-63(83-66(71)49-41-33-23-17-16-20-28-36-44-58(4)5)56-82-86(75,76)80-52-61(68)51-79-85(73,74)81-55-62(84-67(72)50-42-34-24-18-21-29-37-45-59(6)7)53-77-64(69)47-39-31-22-15-13-11-10-12-14-19-27-35-43-57(2)3/h57-63,68H,9-56H2,1-8H3,(H,73,74)(H,75,76)/t60?,61-,62-,63-/m1/s1. The first-order chi connectivity index (χ1) is 41.1. The fraction of sp³-hybridized carbons (Fsp3) is 0.940. The molecule has 0 amide bonds. The minimum absolute atomic E-state index is 0.103. The van der Waals surface area contributed by atoms with E-state index in [1.54, 1.807) is 0 Å². The Morgan fingerprint density at radius 3 is 0.826 bits per heavy atom. The Morgan fingerprint density at radius 2 is 0.558 bits per heavy atom. The van der Waals surface area contributed by atoms with Crippen LogP contribution in [0.25, 0.3) is 0 Å². The third-order valence-electron chi connectivity index (χ3n) is 15.7. The first-order valence-electron chi connectivity index (χ1n) is 34.7. The number of hydrogen-bond acceptors (Lipinski definition) is 15. The summed E-state index contributed by atoms with van der Waals surface area (Å²) in [6, 6.07) is 0. The summed E-state index contributed by atoms with van der Waals surface area (Å²) >= 11 is 0. The van der Waals surface area contributed by atoms with Gasteiger partial charge in [0, 0.05) is 25.7 Å². The molecular weight excluding hydrogens is 1140 g/mol. The van der Waals surface area contributed by atoms with Gasteiger partial charge in [0.25, 0.3) is 0 Å². The summed E-state index contributed by atoms with van der Waals surface area (Å²) in [7, 11) is -9.90. The lowest BCUT2D eigenvalue weighted by molar-refractivity contribution is -0.161. The van der Waals surface area contributed by atoms with E-state index in [1.165, 1.54) is 122 Å². The van der Waals surface area contributed by atoms with E-state index < -0.39 is 97.5 Å². The van der Waals surface area contributed by atoms with Gasteiger partial charge in [-0.2, -0.15) is 0 Å². The van der Waals surface area contributed by atoms with E-state index in [9.17, 15) is 43.2 Å². The monoisotopic (exact) mass is 1270 g/mol. The van der Waals surface area contributed by atoms with Gasteiger partial charge < -0.3 is 33.8 Å². The minimum atomic E-state index is -4.95. The lowest BCUT2D eigenvalue weighted by Crippen LogP contribution is -2.30. The van der Waals surface area contributed by atoms with Gasteiger partial charge in [-0.25, -0.2) is 9.13 Å². The highest BCUT2D eigenvalue weighted by Crippen LogP contribution is 2.45. The van der Waals surface area contributed by atoms with Crippen molar-refractivity contribution >= 4 is 39.5 Å². The number of unbranched alkanes of at least 4 members (excludes halogenated alkanes) is 29. The van der Waals surface area contributed by atoms with Crippen LogP contribution in [0.1, 0.15) is 325 Å². The summed E-state index contributed by atoms with van der Waals surface area (Å²) in [5.74, 6) is 0.789. The molecule has 19 heteroatoms. The smallest absolute Gasteiger partial charge is 0.462 e. The Hall–Kier alpha value is -1.94. The fourth-order valence-electron chi connectivity index (χ4n) is 9.93. The molecule has 3 unspecified atom stereocenters. The van der Waals surface area contributed by atoms with Crippen LogP contribution in [-0.2, 0) is 65.4 Å². The molecule has 0 aromatic heterocycles. The van der Waals surface area contributed by atoms with Crippen LogP contribution in [0.3, 0.4) is 0 Å². The van der Waals surface area contributed by atoms with Crippen molar-refractivity contribution in [1.82, 2.24) is 0 Å². The molecule has 3 N–H and O–H groups in total. The van der Waals surface area contributed by atoms with Crippen molar-refractivity contribution in [3.05, 3.63) is 0 Å². The molecule has 0 rings (SSSR count). The molecule has 0 radical (unpaired) electrons. The number of ether oxygens (including phenoxy) is 4. The summed E-state index contributed by atoms with van der Waals surface area (Å²) in [6.07, 6.45) is 37.7. The zero-order valence-electron chi connectivity index (χ0n) is 55.9. The largest absolute Gasteiger partial charge is 0.472 e.